The zero-order chi connectivity index (χ0) is 17.8. The number of fused-ring (bicyclic) bond motifs is 1. The fourth-order valence-electron chi connectivity index (χ4n) is 2.35. The molecule has 0 radical (unpaired) electrons. The lowest BCUT2D eigenvalue weighted by Gasteiger charge is -2.04. The molecule has 126 valence electrons. The number of aromatic nitrogens is 1. The Bertz CT molecular complexity index is 970. The quantitative estimate of drug-likeness (QED) is 0.438. The largest absolute Gasteiger partial charge is 0.497 e. The van der Waals surface area contributed by atoms with E-state index in [0.717, 1.165) is 16.5 Å². The van der Waals surface area contributed by atoms with Gasteiger partial charge in [-0.1, -0.05) is 29.8 Å². The van der Waals surface area contributed by atoms with E-state index in [1.807, 2.05) is 31.2 Å². The summed E-state index contributed by atoms with van der Waals surface area (Å²) in [5.41, 5.74) is 5.49. The lowest BCUT2D eigenvalue weighted by Crippen LogP contribution is -2.17. The van der Waals surface area contributed by atoms with Crippen molar-refractivity contribution in [3.05, 3.63) is 70.4 Å². The number of rotatable bonds is 4. The summed E-state index contributed by atoms with van der Waals surface area (Å²) in [6, 6.07) is 14.6. The number of pyridine rings is 1. The Morgan fingerprint density at radius 1 is 1.24 bits per heavy atom. The van der Waals surface area contributed by atoms with Gasteiger partial charge in [0.15, 0.2) is 0 Å². The summed E-state index contributed by atoms with van der Waals surface area (Å²) >= 11 is 6.20. The monoisotopic (exact) mass is 353 g/mol. The van der Waals surface area contributed by atoms with Gasteiger partial charge in [-0.15, -0.1) is 0 Å². The highest BCUT2D eigenvalue weighted by molar-refractivity contribution is 6.32. The summed E-state index contributed by atoms with van der Waals surface area (Å²) < 4.78 is 5.10. The second kappa shape index (κ2) is 7.32. The van der Waals surface area contributed by atoms with Crippen molar-refractivity contribution in [2.24, 2.45) is 5.10 Å². The topological polar surface area (TPSA) is 63.6 Å². The number of carbonyl (C=O) groups is 1. The Kier molecular flexibility index (Phi) is 4.95. The molecule has 1 heterocycles. The van der Waals surface area contributed by atoms with Crippen molar-refractivity contribution in [3.63, 3.8) is 0 Å². The maximum Gasteiger partial charge on any atom is 0.271 e. The number of benzene rings is 2. The summed E-state index contributed by atoms with van der Waals surface area (Å²) in [5.74, 6) is 0.268. The fourth-order valence-corrected chi connectivity index (χ4v) is 2.54. The molecule has 25 heavy (non-hydrogen) atoms. The van der Waals surface area contributed by atoms with E-state index in [-0.39, 0.29) is 5.91 Å². The van der Waals surface area contributed by atoms with Gasteiger partial charge in [-0.3, -0.25) is 4.79 Å². The van der Waals surface area contributed by atoms with Gasteiger partial charge in [-0.05, 0) is 42.8 Å². The van der Waals surface area contributed by atoms with Crippen molar-refractivity contribution in [3.8, 4) is 5.75 Å². The molecule has 1 amide bonds. The van der Waals surface area contributed by atoms with E-state index in [1.165, 1.54) is 6.21 Å². The van der Waals surface area contributed by atoms with E-state index >= 15 is 0 Å². The van der Waals surface area contributed by atoms with Crippen LogP contribution in [0.2, 0.25) is 5.15 Å². The molecule has 1 aromatic heterocycles. The smallest absolute Gasteiger partial charge is 0.271 e. The number of carbonyl (C=O) groups excluding carboxylic acids is 1. The van der Waals surface area contributed by atoms with Crippen LogP contribution in [-0.4, -0.2) is 24.2 Å². The van der Waals surface area contributed by atoms with Crippen molar-refractivity contribution in [1.29, 1.82) is 0 Å². The normalized spacial score (nSPS) is 11.0. The minimum atomic E-state index is -0.337. The molecule has 0 unspecified atom stereocenters. The Morgan fingerprint density at radius 3 is 2.88 bits per heavy atom. The maximum atomic E-state index is 12.1. The number of amides is 1. The van der Waals surface area contributed by atoms with Crippen molar-refractivity contribution in [2.45, 2.75) is 6.92 Å². The molecule has 6 heteroatoms. The molecule has 0 saturated carbocycles. The lowest BCUT2D eigenvalue weighted by molar-refractivity contribution is 0.0955. The third-order valence-electron chi connectivity index (χ3n) is 3.66. The van der Waals surface area contributed by atoms with Gasteiger partial charge in [0.25, 0.3) is 5.91 Å². The Morgan fingerprint density at radius 2 is 2.08 bits per heavy atom. The maximum absolute atomic E-state index is 12.1. The molecule has 3 rings (SSSR count). The van der Waals surface area contributed by atoms with Crippen LogP contribution in [0.1, 0.15) is 21.5 Å². The zero-order valence-electron chi connectivity index (χ0n) is 13.8. The van der Waals surface area contributed by atoms with E-state index in [1.54, 1.807) is 31.4 Å². The molecule has 0 fully saturated rings. The number of nitrogens with one attached hydrogen (secondary N) is 1. The van der Waals surface area contributed by atoms with Crippen molar-refractivity contribution < 1.29 is 9.53 Å². The van der Waals surface area contributed by atoms with Crippen molar-refractivity contribution >= 4 is 34.6 Å². The molecule has 5 nitrogen and oxygen atoms in total. The zero-order valence-corrected chi connectivity index (χ0v) is 14.5. The minimum Gasteiger partial charge on any atom is -0.497 e. The molecule has 0 atom stereocenters. The van der Waals surface area contributed by atoms with E-state index in [0.29, 0.717) is 22.0 Å². The van der Waals surface area contributed by atoms with Gasteiger partial charge in [0.05, 0.1) is 18.8 Å². The third kappa shape index (κ3) is 3.95. The van der Waals surface area contributed by atoms with Crippen molar-refractivity contribution in [2.75, 3.05) is 7.11 Å². The second-order valence-corrected chi connectivity index (χ2v) is 5.85. The van der Waals surface area contributed by atoms with Crippen LogP contribution >= 0.6 is 11.6 Å². The fraction of sp³-hybridized carbons (Fsp3) is 0.105. The number of hydrazone groups is 1. The van der Waals surface area contributed by atoms with E-state index < -0.39 is 0 Å². The Labute approximate surface area is 150 Å². The van der Waals surface area contributed by atoms with Crippen LogP contribution in [-0.2, 0) is 0 Å². The number of hydrogen-bond acceptors (Lipinski definition) is 4. The highest BCUT2D eigenvalue weighted by Crippen LogP contribution is 2.20. The first-order valence-corrected chi connectivity index (χ1v) is 7.99. The van der Waals surface area contributed by atoms with Crippen molar-refractivity contribution in [1.82, 2.24) is 10.4 Å². The lowest BCUT2D eigenvalue weighted by atomic mass is 10.1. The molecule has 0 aliphatic heterocycles. The molecule has 2 aromatic carbocycles. The summed E-state index contributed by atoms with van der Waals surface area (Å²) in [4.78, 5) is 16.5. The third-order valence-corrected chi connectivity index (χ3v) is 3.96. The van der Waals surface area contributed by atoms with Gasteiger partial charge in [-0.2, -0.15) is 5.10 Å². The van der Waals surface area contributed by atoms with Crippen LogP contribution in [0.25, 0.3) is 10.9 Å². The van der Waals surface area contributed by atoms with Crippen LogP contribution in [0.5, 0.6) is 5.75 Å². The Hall–Kier alpha value is -2.92. The van der Waals surface area contributed by atoms with Crippen LogP contribution in [0.3, 0.4) is 0 Å². The molecule has 0 aliphatic rings. The Balaban J connectivity index is 1.77. The number of hydrogen-bond donors (Lipinski definition) is 1. The molecule has 0 spiro atoms. The van der Waals surface area contributed by atoms with Gasteiger partial charge in [0.2, 0.25) is 0 Å². The summed E-state index contributed by atoms with van der Waals surface area (Å²) in [5, 5.41) is 5.25. The van der Waals surface area contributed by atoms with Crippen LogP contribution in [0, 0.1) is 6.92 Å². The van der Waals surface area contributed by atoms with Gasteiger partial charge >= 0.3 is 0 Å². The summed E-state index contributed by atoms with van der Waals surface area (Å²) in [6.07, 6.45) is 1.48. The highest BCUT2D eigenvalue weighted by atomic mass is 35.5. The molecular weight excluding hydrogens is 338 g/mol. The van der Waals surface area contributed by atoms with E-state index in [4.69, 9.17) is 16.3 Å². The summed E-state index contributed by atoms with van der Waals surface area (Å²) in [7, 11) is 1.55. The van der Waals surface area contributed by atoms with Gasteiger partial charge in [0, 0.05) is 16.5 Å². The number of aryl methyl sites for hydroxylation is 1. The number of halogens is 1. The molecule has 0 aliphatic carbocycles. The summed E-state index contributed by atoms with van der Waals surface area (Å²) in [6.45, 7) is 2.00. The molecule has 0 saturated heterocycles. The number of nitrogens with zero attached hydrogens (tertiary/aromatic N) is 2. The van der Waals surface area contributed by atoms with E-state index in [2.05, 4.69) is 15.5 Å². The molecular formula is C19H16ClN3O2. The van der Waals surface area contributed by atoms with Gasteiger partial charge < -0.3 is 4.74 Å². The molecule has 1 N–H and O–H groups in total. The minimum absolute atomic E-state index is 0.331. The van der Waals surface area contributed by atoms with Crippen LogP contribution in [0.15, 0.2) is 53.6 Å². The number of methoxy groups -OCH3 is 1. The second-order valence-electron chi connectivity index (χ2n) is 5.50. The average Bonchev–Trinajstić information content (AvgIpc) is 2.62. The first-order chi connectivity index (χ1) is 12.1. The highest BCUT2D eigenvalue weighted by Gasteiger charge is 2.06. The van der Waals surface area contributed by atoms with Crippen LogP contribution < -0.4 is 10.2 Å². The standard InChI is InChI=1S/C19H16ClN3O2/c1-12-6-7-13-9-15(18(20)22-17(13)8-12)11-21-23-19(24)14-4-3-5-16(10-14)25-2/h3-11H,1-2H3,(H,23,24)/b21-11+. The predicted octanol–water partition coefficient (Wildman–Crippen LogP) is 3.97. The SMILES string of the molecule is COc1cccc(C(=O)N/N=C/c2cc3ccc(C)cc3nc2Cl)c1. The first kappa shape index (κ1) is 16.9. The van der Waals surface area contributed by atoms with Gasteiger partial charge in [-0.25, -0.2) is 10.4 Å². The first-order valence-electron chi connectivity index (χ1n) is 7.61. The van der Waals surface area contributed by atoms with Crippen LogP contribution in [0.4, 0.5) is 0 Å². The van der Waals surface area contributed by atoms with E-state index in [9.17, 15) is 4.79 Å². The predicted molar refractivity (Wildman–Crippen MR) is 99.5 cm³/mol. The molecule has 3 aromatic rings. The van der Waals surface area contributed by atoms with Gasteiger partial charge in [0.1, 0.15) is 10.9 Å². The molecule has 0 bridgehead atoms. The number of ether oxygens (including phenoxy) is 1. The average molecular weight is 354 g/mol.